The number of amides is 1. The molecule has 3 aromatic rings. The van der Waals surface area contributed by atoms with E-state index in [1.54, 1.807) is 31.5 Å². The van der Waals surface area contributed by atoms with E-state index in [9.17, 15) is 4.79 Å². The molecular weight excluding hydrogens is 408 g/mol. The van der Waals surface area contributed by atoms with E-state index in [2.05, 4.69) is 36.4 Å². The standard InChI is InChI=1S/C16H13BrN4O3S/c1-23-12-4-2-3-10(7-12)15-20-21-16(24-15)25-9-14(22)19-13-6-5-11(17)8-18-13/h2-8H,9H2,1H3,(H,18,19,22). The van der Waals surface area contributed by atoms with Crippen LogP contribution in [-0.4, -0.2) is 34.0 Å². The van der Waals surface area contributed by atoms with Gasteiger partial charge < -0.3 is 14.5 Å². The summed E-state index contributed by atoms with van der Waals surface area (Å²) in [4.78, 5) is 16.0. The summed E-state index contributed by atoms with van der Waals surface area (Å²) >= 11 is 4.44. The number of carbonyl (C=O) groups excluding carboxylic acids is 1. The predicted octanol–water partition coefficient (Wildman–Crippen LogP) is 3.63. The molecule has 0 saturated heterocycles. The summed E-state index contributed by atoms with van der Waals surface area (Å²) in [5.74, 6) is 1.48. The van der Waals surface area contributed by atoms with Crippen molar-refractivity contribution in [2.75, 3.05) is 18.2 Å². The highest BCUT2D eigenvalue weighted by molar-refractivity contribution is 9.10. The third-order valence-corrected chi connectivity index (χ3v) is 4.33. The van der Waals surface area contributed by atoms with Crippen molar-refractivity contribution >= 4 is 39.4 Å². The van der Waals surface area contributed by atoms with E-state index in [1.165, 1.54) is 0 Å². The quantitative estimate of drug-likeness (QED) is 0.608. The van der Waals surface area contributed by atoms with Gasteiger partial charge in [-0.1, -0.05) is 17.8 Å². The Morgan fingerprint density at radius 2 is 2.20 bits per heavy atom. The van der Waals surface area contributed by atoms with Gasteiger partial charge in [0.15, 0.2) is 0 Å². The average molecular weight is 421 g/mol. The molecule has 3 rings (SSSR count). The number of nitrogens with one attached hydrogen (secondary N) is 1. The Balaban J connectivity index is 1.57. The van der Waals surface area contributed by atoms with Crippen molar-refractivity contribution in [2.45, 2.75) is 5.22 Å². The maximum atomic E-state index is 11.9. The highest BCUT2D eigenvalue weighted by Gasteiger charge is 2.12. The van der Waals surface area contributed by atoms with Gasteiger partial charge in [0.1, 0.15) is 11.6 Å². The molecule has 2 heterocycles. The highest BCUT2D eigenvalue weighted by Crippen LogP contribution is 2.25. The molecule has 9 heteroatoms. The Bertz CT molecular complexity index is 870. The largest absolute Gasteiger partial charge is 0.497 e. The number of hydrogen-bond donors (Lipinski definition) is 1. The Morgan fingerprint density at radius 1 is 1.32 bits per heavy atom. The lowest BCUT2D eigenvalue weighted by molar-refractivity contribution is -0.113. The third kappa shape index (κ3) is 4.80. The number of benzene rings is 1. The zero-order valence-electron chi connectivity index (χ0n) is 13.1. The number of nitrogens with zero attached hydrogens (tertiary/aromatic N) is 3. The maximum absolute atomic E-state index is 11.9. The first kappa shape index (κ1) is 17.4. The summed E-state index contributed by atoms with van der Waals surface area (Å²) in [5, 5.41) is 10.9. The van der Waals surface area contributed by atoms with Crippen LogP contribution in [-0.2, 0) is 4.79 Å². The molecule has 0 unspecified atom stereocenters. The van der Waals surface area contributed by atoms with Crippen molar-refractivity contribution < 1.29 is 13.9 Å². The first-order valence-corrected chi connectivity index (χ1v) is 8.94. The molecule has 0 atom stereocenters. The van der Waals surface area contributed by atoms with Gasteiger partial charge in [-0.25, -0.2) is 4.98 Å². The number of rotatable bonds is 6. The maximum Gasteiger partial charge on any atom is 0.277 e. The van der Waals surface area contributed by atoms with E-state index in [1.807, 2.05) is 18.2 Å². The van der Waals surface area contributed by atoms with Gasteiger partial charge >= 0.3 is 0 Å². The van der Waals surface area contributed by atoms with Crippen LogP contribution in [0.25, 0.3) is 11.5 Å². The Hall–Kier alpha value is -2.39. The Kier molecular flexibility index (Phi) is 5.67. The van der Waals surface area contributed by atoms with Crippen LogP contribution >= 0.6 is 27.7 Å². The molecule has 0 aliphatic carbocycles. The summed E-state index contributed by atoms with van der Waals surface area (Å²) in [6.45, 7) is 0. The van der Waals surface area contributed by atoms with Gasteiger partial charge in [0.05, 0.1) is 12.9 Å². The molecule has 0 radical (unpaired) electrons. The SMILES string of the molecule is COc1cccc(-c2nnc(SCC(=O)Nc3ccc(Br)cn3)o2)c1. The van der Waals surface area contributed by atoms with E-state index in [4.69, 9.17) is 9.15 Å². The predicted molar refractivity (Wildman–Crippen MR) is 97.6 cm³/mol. The molecule has 1 amide bonds. The smallest absolute Gasteiger partial charge is 0.277 e. The van der Waals surface area contributed by atoms with Crippen LogP contribution in [0.15, 0.2) is 56.7 Å². The van der Waals surface area contributed by atoms with Crippen molar-refractivity contribution in [1.82, 2.24) is 15.2 Å². The van der Waals surface area contributed by atoms with E-state index >= 15 is 0 Å². The first-order chi connectivity index (χ1) is 12.1. The van der Waals surface area contributed by atoms with Crippen LogP contribution < -0.4 is 10.1 Å². The van der Waals surface area contributed by atoms with Crippen molar-refractivity contribution in [1.29, 1.82) is 0 Å². The van der Waals surface area contributed by atoms with Gasteiger partial charge in [-0.3, -0.25) is 4.79 Å². The number of aromatic nitrogens is 3. The van der Waals surface area contributed by atoms with Crippen LogP contribution in [0.2, 0.25) is 0 Å². The summed E-state index contributed by atoms with van der Waals surface area (Å²) in [7, 11) is 1.59. The van der Waals surface area contributed by atoms with Crippen molar-refractivity contribution in [3.8, 4) is 17.2 Å². The molecule has 0 saturated carbocycles. The fourth-order valence-electron chi connectivity index (χ4n) is 1.90. The van der Waals surface area contributed by atoms with Gasteiger partial charge in [-0.2, -0.15) is 0 Å². The van der Waals surface area contributed by atoms with E-state index in [0.29, 0.717) is 22.7 Å². The monoisotopic (exact) mass is 420 g/mol. The number of ether oxygens (including phenoxy) is 1. The second kappa shape index (κ2) is 8.13. The average Bonchev–Trinajstić information content (AvgIpc) is 3.11. The van der Waals surface area contributed by atoms with Crippen LogP contribution in [0.4, 0.5) is 5.82 Å². The van der Waals surface area contributed by atoms with E-state index in [0.717, 1.165) is 21.8 Å². The lowest BCUT2D eigenvalue weighted by Gasteiger charge is -2.02. The fraction of sp³-hybridized carbons (Fsp3) is 0.125. The minimum Gasteiger partial charge on any atom is -0.497 e. The molecular formula is C16H13BrN4O3S. The molecule has 0 fully saturated rings. The van der Waals surface area contributed by atoms with Crippen LogP contribution in [0.3, 0.4) is 0 Å². The summed E-state index contributed by atoms with van der Waals surface area (Å²) in [6.07, 6.45) is 1.61. The molecule has 1 N–H and O–H groups in total. The van der Waals surface area contributed by atoms with Crippen molar-refractivity contribution in [3.05, 3.63) is 47.1 Å². The number of halogens is 1. The number of carbonyl (C=O) groups is 1. The summed E-state index contributed by atoms with van der Waals surface area (Å²) < 4.78 is 11.6. The van der Waals surface area contributed by atoms with Crippen molar-refractivity contribution in [2.24, 2.45) is 0 Å². The van der Waals surface area contributed by atoms with Crippen LogP contribution in [0.1, 0.15) is 0 Å². The zero-order valence-corrected chi connectivity index (χ0v) is 15.5. The van der Waals surface area contributed by atoms with Gasteiger partial charge in [-0.15, -0.1) is 10.2 Å². The molecule has 25 heavy (non-hydrogen) atoms. The normalized spacial score (nSPS) is 10.5. The summed E-state index contributed by atoms with van der Waals surface area (Å²) in [5.41, 5.74) is 0.752. The second-order valence-electron chi connectivity index (χ2n) is 4.80. The Morgan fingerprint density at radius 3 is 2.96 bits per heavy atom. The zero-order chi connectivity index (χ0) is 17.6. The van der Waals surface area contributed by atoms with Gasteiger partial charge in [0.2, 0.25) is 11.8 Å². The number of pyridine rings is 1. The van der Waals surface area contributed by atoms with Gasteiger partial charge in [-0.05, 0) is 46.3 Å². The Labute approximate surface area is 156 Å². The number of anilines is 1. The van der Waals surface area contributed by atoms with Gasteiger partial charge in [0, 0.05) is 16.2 Å². The van der Waals surface area contributed by atoms with E-state index in [-0.39, 0.29) is 11.7 Å². The first-order valence-electron chi connectivity index (χ1n) is 7.16. The molecule has 0 spiro atoms. The molecule has 128 valence electrons. The van der Waals surface area contributed by atoms with Crippen LogP contribution in [0.5, 0.6) is 5.75 Å². The molecule has 2 aromatic heterocycles. The number of methoxy groups -OCH3 is 1. The third-order valence-electron chi connectivity index (χ3n) is 3.04. The number of thioether (sulfide) groups is 1. The molecule has 0 bridgehead atoms. The lowest BCUT2D eigenvalue weighted by Crippen LogP contribution is -2.14. The van der Waals surface area contributed by atoms with Gasteiger partial charge in [0.25, 0.3) is 5.22 Å². The minimum absolute atomic E-state index is 0.136. The topological polar surface area (TPSA) is 90.1 Å². The highest BCUT2D eigenvalue weighted by atomic mass is 79.9. The second-order valence-corrected chi connectivity index (χ2v) is 6.65. The lowest BCUT2D eigenvalue weighted by atomic mass is 10.2. The molecule has 0 aliphatic rings. The molecule has 1 aromatic carbocycles. The summed E-state index contributed by atoms with van der Waals surface area (Å²) in [6, 6.07) is 10.8. The van der Waals surface area contributed by atoms with E-state index < -0.39 is 0 Å². The number of hydrogen-bond acceptors (Lipinski definition) is 7. The minimum atomic E-state index is -0.207. The molecule has 7 nitrogen and oxygen atoms in total. The van der Waals surface area contributed by atoms with Crippen molar-refractivity contribution in [3.63, 3.8) is 0 Å². The molecule has 0 aliphatic heterocycles. The van der Waals surface area contributed by atoms with Crippen LogP contribution in [0, 0.1) is 0 Å². The fourth-order valence-corrected chi connectivity index (χ4v) is 2.69.